The maximum atomic E-state index is 6.78. The minimum atomic E-state index is -0.515. The second-order valence-electron chi connectivity index (χ2n) is 10.8. The van der Waals surface area contributed by atoms with Gasteiger partial charge in [0.1, 0.15) is 11.9 Å². The first-order chi connectivity index (χ1) is 16.8. The van der Waals surface area contributed by atoms with Gasteiger partial charge in [-0.1, -0.05) is 50.1 Å². The molecule has 1 aliphatic carbocycles. The van der Waals surface area contributed by atoms with Gasteiger partial charge in [0.25, 0.3) is 0 Å². The van der Waals surface area contributed by atoms with Crippen LogP contribution in [0, 0.1) is 22.7 Å². The molecule has 2 aliphatic rings. The van der Waals surface area contributed by atoms with Crippen LogP contribution < -0.4 is 4.74 Å². The van der Waals surface area contributed by atoms with Gasteiger partial charge in [-0.2, -0.15) is 0 Å². The predicted octanol–water partition coefficient (Wildman–Crippen LogP) is 7.23. The molecule has 0 radical (unpaired) electrons. The van der Waals surface area contributed by atoms with E-state index in [0.29, 0.717) is 6.61 Å². The first-order valence-corrected chi connectivity index (χ1v) is 13.0. The average Bonchev–Trinajstić information content (AvgIpc) is 3.32. The Balaban J connectivity index is 1.54. The van der Waals surface area contributed by atoms with Crippen molar-refractivity contribution in [3.05, 3.63) is 54.6 Å². The van der Waals surface area contributed by atoms with Gasteiger partial charge in [0.05, 0.1) is 26.4 Å². The molecule has 1 aromatic carbocycles. The summed E-state index contributed by atoms with van der Waals surface area (Å²) >= 11 is 0. The first-order valence-electron chi connectivity index (χ1n) is 13.0. The van der Waals surface area contributed by atoms with Crippen molar-refractivity contribution >= 4 is 0 Å². The van der Waals surface area contributed by atoms with Crippen LogP contribution >= 0.6 is 0 Å². The van der Waals surface area contributed by atoms with Crippen molar-refractivity contribution in [3.8, 4) is 17.6 Å². The van der Waals surface area contributed by atoms with Crippen molar-refractivity contribution in [2.24, 2.45) is 10.8 Å². The number of benzene rings is 1. The van der Waals surface area contributed by atoms with E-state index in [2.05, 4.69) is 51.3 Å². The minimum absolute atomic E-state index is 0.0546. The number of rotatable bonds is 13. The van der Waals surface area contributed by atoms with Gasteiger partial charge in [-0.25, -0.2) is 0 Å². The molecule has 1 aromatic rings. The molecule has 35 heavy (non-hydrogen) atoms. The van der Waals surface area contributed by atoms with Crippen LogP contribution in [0.1, 0.15) is 78.2 Å². The third-order valence-corrected chi connectivity index (χ3v) is 7.50. The largest absolute Gasteiger partial charge is 0.497 e. The molecule has 1 heterocycles. The fraction of sp³-hybridized carbons (Fsp3) is 0.613. The molecule has 3 rings (SSSR count). The Hall–Kier alpha value is -2.06. The number of allylic oxidation sites excluding steroid dienone is 2. The lowest BCUT2D eigenvalue weighted by atomic mass is 9.77. The standard InChI is InChI=1S/C31H44O4/c1-7-11-28(35-31-20-10-19-30(31,17-8-2)21-22-34-31)23-29(4,5)18-9-12-25(3)33-24-26-13-15-27(32-6)16-14-26/h8-9,13-16,18,25,28H,2,10,12,17,19-24H2,1,3-6H3/b18-9+/t25-,28+,30+,31-/m1/s1. The fourth-order valence-electron chi connectivity index (χ4n) is 5.59. The fourth-order valence-corrected chi connectivity index (χ4v) is 5.59. The number of hydrogen-bond acceptors (Lipinski definition) is 4. The molecule has 192 valence electrons. The number of methoxy groups -OCH3 is 1. The highest BCUT2D eigenvalue weighted by atomic mass is 16.7. The van der Waals surface area contributed by atoms with Crippen LogP contribution in [0.25, 0.3) is 0 Å². The van der Waals surface area contributed by atoms with Crippen LogP contribution in [0.15, 0.2) is 49.1 Å². The molecule has 2 fully saturated rings. The molecule has 4 atom stereocenters. The molecule has 4 nitrogen and oxygen atoms in total. The highest BCUT2D eigenvalue weighted by molar-refractivity contribution is 5.26. The number of fused-ring (bicyclic) bond motifs is 1. The summed E-state index contributed by atoms with van der Waals surface area (Å²) in [4.78, 5) is 0. The Bertz CT molecular complexity index is 892. The summed E-state index contributed by atoms with van der Waals surface area (Å²) in [5.41, 5.74) is 1.14. The molecule has 0 aromatic heterocycles. The van der Waals surface area contributed by atoms with Crippen molar-refractivity contribution in [2.45, 2.75) is 97.2 Å². The van der Waals surface area contributed by atoms with Gasteiger partial charge in [-0.15, -0.1) is 12.5 Å². The zero-order chi connectivity index (χ0) is 25.4. The molecular weight excluding hydrogens is 436 g/mol. The highest BCUT2D eigenvalue weighted by Gasteiger charge is 2.60. The van der Waals surface area contributed by atoms with Gasteiger partial charge >= 0.3 is 0 Å². The summed E-state index contributed by atoms with van der Waals surface area (Å²) in [5, 5.41) is 0. The van der Waals surface area contributed by atoms with Crippen LogP contribution in [0.5, 0.6) is 5.75 Å². The molecule has 0 spiro atoms. The van der Waals surface area contributed by atoms with Gasteiger partial charge in [0, 0.05) is 11.8 Å². The third kappa shape index (κ3) is 7.00. The van der Waals surface area contributed by atoms with Crippen LogP contribution in [0.4, 0.5) is 0 Å². The van der Waals surface area contributed by atoms with Gasteiger partial charge in [-0.3, -0.25) is 0 Å². The molecule has 0 amide bonds. The normalized spacial score (nSPS) is 25.6. The van der Waals surface area contributed by atoms with E-state index in [1.807, 2.05) is 37.3 Å². The number of hydrogen-bond donors (Lipinski definition) is 0. The van der Waals surface area contributed by atoms with Gasteiger partial charge in [-0.05, 0) is 75.5 Å². The Morgan fingerprint density at radius 1 is 1.20 bits per heavy atom. The molecular formula is C31H44O4. The van der Waals surface area contributed by atoms with Crippen molar-refractivity contribution in [1.82, 2.24) is 0 Å². The van der Waals surface area contributed by atoms with Gasteiger partial charge < -0.3 is 18.9 Å². The lowest BCUT2D eigenvalue weighted by Gasteiger charge is -2.41. The summed E-state index contributed by atoms with van der Waals surface area (Å²) in [6.45, 7) is 13.9. The van der Waals surface area contributed by atoms with Crippen LogP contribution in [-0.2, 0) is 20.8 Å². The molecule has 0 bridgehead atoms. The Morgan fingerprint density at radius 2 is 1.97 bits per heavy atom. The van der Waals surface area contributed by atoms with E-state index < -0.39 is 5.79 Å². The lowest BCUT2D eigenvalue weighted by molar-refractivity contribution is -0.261. The highest BCUT2D eigenvalue weighted by Crippen LogP contribution is 2.58. The monoisotopic (exact) mass is 480 g/mol. The van der Waals surface area contributed by atoms with E-state index in [1.165, 1.54) is 0 Å². The number of ether oxygens (including phenoxy) is 4. The van der Waals surface area contributed by atoms with Crippen LogP contribution in [0.3, 0.4) is 0 Å². The zero-order valence-electron chi connectivity index (χ0n) is 22.4. The lowest BCUT2D eigenvalue weighted by Crippen LogP contribution is -2.46. The van der Waals surface area contributed by atoms with E-state index in [0.717, 1.165) is 62.9 Å². The molecule has 0 unspecified atom stereocenters. The smallest absolute Gasteiger partial charge is 0.175 e. The summed E-state index contributed by atoms with van der Waals surface area (Å²) < 4.78 is 24.4. The molecule has 1 saturated carbocycles. The Morgan fingerprint density at radius 3 is 2.66 bits per heavy atom. The Kier molecular flexibility index (Phi) is 9.64. The summed E-state index contributed by atoms with van der Waals surface area (Å²) in [7, 11) is 1.68. The maximum absolute atomic E-state index is 6.78. The van der Waals surface area contributed by atoms with Crippen molar-refractivity contribution < 1.29 is 18.9 Å². The summed E-state index contributed by atoms with van der Waals surface area (Å²) in [6, 6.07) is 8.02. The molecule has 1 saturated heterocycles. The molecule has 4 heteroatoms. The topological polar surface area (TPSA) is 36.9 Å². The quantitative estimate of drug-likeness (QED) is 0.220. The summed E-state index contributed by atoms with van der Waals surface area (Å²) in [5.74, 6) is 6.78. The SMILES string of the molecule is C=CC[C@@]12CCC[C@]1(O[C@@H](C#CC)CC(C)(C)/C=C/C[C@@H](C)OCc1ccc(OC)cc1)OCC2. The van der Waals surface area contributed by atoms with Gasteiger partial charge in [0.2, 0.25) is 0 Å². The first kappa shape index (κ1) is 27.5. The average molecular weight is 481 g/mol. The zero-order valence-corrected chi connectivity index (χ0v) is 22.4. The van der Waals surface area contributed by atoms with E-state index >= 15 is 0 Å². The predicted molar refractivity (Wildman–Crippen MR) is 142 cm³/mol. The maximum Gasteiger partial charge on any atom is 0.175 e. The van der Waals surface area contributed by atoms with Crippen LogP contribution in [0.2, 0.25) is 0 Å². The van der Waals surface area contributed by atoms with Crippen molar-refractivity contribution in [1.29, 1.82) is 0 Å². The van der Waals surface area contributed by atoms with Crippen molar-refractivity contribution in [2.75, 3.05) is 13.7 Å². The molecule has 1 aliphatic heterocycles. The third-order valence-electron chi connectivity index (χ3n) is 7.50. The van der Waals surface area contributed by atoms with Gasteiger partial charge in [0.15, 0.2) is 5.79 Å². The van der Waals surface area contributed by atoms with E-state index in [4.69, 9.17) is 18.9 Å². The van der Waals surface area contributed by atoms with Crippen LogP contribution in [-0.4, -0.2) is 31.7 Å². The van der Waals surface area contributed by atoms with E-state index in [-0.39, 0.29) is 23.0 Å². The second kappa shape index (κ2) is 12.3. The molecule has 0 N–H and O–H groups in total. The van der Waals surface area contributed by atoms with E-state index in [9.17, 15) is 0 Å². The second-order valence-corrected chi connectivity index (χ2v) is 10.8. The van der Waals surface area contributed by atoms with E-state index in [1.54, 1.807) is 7.11 Å². The Labute approximate surface area is 213 Å². The summed E-state index contributed by atoms with van der Waals surface area (Å²) in [6.07, 6.45) is 13.4. The van der Waals surface area contributed by atoms with Crippen molar-refractivity contribution in [3.63, 3.8) is 0 Å². The minimum Gasteiger partial charge on any atom is -0.497 e.